The summed E-state index contributed by atoms with van der Waals surface area (Å²) in [6.45, 7) is 7.25. The van der Waals surface area contributed by atoms with Crippen LogP contribution >= 0.6 is 0 Å². The van der Waals surface area contributed by atoms with Crippen LogP contribution in [0.5, 0.6) is 0 Å². The third-order valence-electron chi connectivity index (χ3n) is 5.46. The van der Waals surface area contributed by atoms with E-state index in [1.165, 1.54) is 103 Å². The van der Waals surface area contributed by atoms with Crippen LogP contribution in [0.25, 0.3) is 0 Å². The third-order valence-corrected chi connectivity index (χ3v) is 9.40. The van der Waals surface area contributed by atoms with Crippen molar-refractivity contribution in [1.82, 2.24) is 4.57 Å². The van der Waals surface area contributed by atoms with Gasteiger partial charge in [-0.05, 0) is 38.5 Å². The maximum Gasteiger partial charge on any atom is 0.267 e. The summed E-state index contributed by atoms with van der Waals surface area (Å²) in [5.74, 6) is 0. The Morgan fingerprint density at radius 3 is 1.82 bits per heavy atom. The van der Waals surface area contributed by atoms with Crippen LogP contribution in [0.1, 0.15) is 90.4 Å². The lowest BCUT2D eigenvalue weighted by molar-refractivity contribution is 0.311. The summed E-state index contributed by atoms with van der Waals surface area (Å²) in [5, 5.41) is 0. The van der Waals surface area contributed by atoms with Gasteiger partial charge in [0.15, 0.2) is 0 Å². The molecule has 0 aliphatic carbocycles. The molecule has 0 aromatic heterocycles. The summed E-state index contributed by atoms with van der Waals surface area (Å²) in [6.07, 6.45) is 18.6. The van der Waals surface area contributed by atoms with E-state index in [2.05, 4.69) is 18.0 Å². The molecule has 0 bridgehead atoms. The summed E-state index contributed by atoms with van der Waals surface area (Å²) >= 11 is 0. The molecule has 0 aromatic rings. The van der Waals surface area contributed by atoms with Gasteiger partial charge in [0, 0.05) is 7.11 Å². The minimum absolute atomic E-state index is 1.29. The third kappa shape index (κ3) is 8.12. The average molecular weight is 328 g/mol. The number of rotatable bonds is 14. The zero-order valence-corrected chi connectivity index (χ0v) is 16.7. The highest BCUT2D eigenvalue weighted by Gasteiger charge is 2.39. The van der Waals surface area contributed by atoms with Gasteiger partial charge in [0.1, 0.15) is 0 Å². The fourth-order valence-electron chi connectivity index (χ4n) is 3.72. The number of unbranched alkanes of at least 4 members (excludes halogenated alkanes) is 11. The van der Waals surface area contributed by atoms with Crippen molar-refractivity contribution in [3.8, 4) is 0 Å². The second kappa shape index (κ2) is 12.5. The largest absolute Gasteiger partial charge is 0.406 e. The topological polar surface area (TPSA) is 12.5 Å². The van der Waals surface area contributed by atoms with Crippen LogP contribution in [0.4, 0.5) is 0 Å². The second-order valence-electron chi connectivity index (χ2n) is 7.36. The zero-order chi connectivity index (χ0) is 16.1. The van der Waals surface area contributed by atoms with E-state index in [9.17, 15) is 0 Å². The Labute approximate surface area is 141 Å². The molecule has 0 aromatic carbocycles. The number of hydrogen-bond donors (Lipinski definition) is 0. The van der Waals surface area contributed by atoms with Crippen LogP contribution in [0.2, 0.25) is 12.6 Å². The highest BCUT2D eigenvalue weighted by molar-refractivity contribution is 6.70. The van der Waals surface area contributed by atoms with Crippen molar-refractivity contribution in [1.29, 1.82) is 0 Å². The molecule has 22 heavy (non-hydrogen) atoms. The van der Waals surface area contributed by atoms with Crippen LogP contribution < -0.4 is 0 Å². The Bertz CT molecular complexity index is 262. The first-order valence-electron chi connectivity index (χ1n) is 10.0. The van der Waals surface area contributed by atoms with Crippen molar-refractivity contribution >= 4 is 8.48 Å². The van der Waals surface area contributed by atoms with Gasteiger partial charge in [0.25, 0.3) is 8.48 Å². The fraction of sp³-hybridized carbons (Fsp3) is 1.00. The van der Waals surface area contributed by atoms with Crippen molar-refractivity contribution in [3.05, 3.63) is 0 Å². The van der Waals surface area contributed by atoms with Crippen LogP contribution in [0.3, 0.4) is 0 Å². The monoisotopic (exact) mass is 327 g/mol. The first-order chi connectivity index (χ1) is 10.7. The summed E-state index contributed by atoms with van der Waals surface area (Å²) < 4.78 is 8.52. The lowest BCUT2D eigenvalue weighted by Crippen LogP contribution is -2.48. The molecule has 1 rings (SSSR count). The molecule has 1 aliphatic rings. The standard InChI is InChI=1S/C19H41NOSi/c1-4-5-6-7-8-9-10-11-12-13-14-15-17-20-18-16-19-22(20,3)21-2/h4-19H2,1-3H3. The van der Waals surface area contributed by atoms with Gasteiger partial charge in [-0.1, -0.05) is 77.6 Å². The van der Waals surface area contributed by atoms with E-state index in [4.69, 9.17) is 4.43 Å². The van der Waals surface area contributed by atoms with Gasteiger partial charge in [-0.2, -0.15) is 0 Å². The smallest absolute Gasteiger partial charge is 0.267 e. The Balaban J connectivity index is 1.84. The molecule has 1 fully saturated rings. The molecule has 132 valence electrons. The summed E-state index contributed by atoms with van der Waals surface area (Å²) in [7, 11) is 0.467. The van der Waals surface area contributed by atoms with Gasteiger partial charge in [-0.3, -0.25) is 0 Å². The lowest BCUT2D eigenvalue weighted by atomic mass is 10.1. The van der Waals surface area contributed by atoms with Crippen molar-refractivity contribution in [3.63, 3.8) is 0 Å². The maximum absolute atomic E-state index is 5.83. The predicted molar refractivity (Wildman–Crippen MR) is 101 cm³/mol. The normalized spacial score (nSPS) is 22.5. The van der Waals surface area contributed by atoms with Gasteiger partial charge in [0.2, 0.25) is 0 Å². The van der Waals surface area contributed by atoms with Crippen molar-refractivity contribution in [2.45, 2.75) is 103 Å². The molecule has 1 unspecified atom stereocenters. The Hall–Kier alpha value is 0.137. The predicted octanol–water partition coefficient (Wildman–Crippen LogP) is 6.11. The van der Waals surface area contributed by atoms with Crippen molar-refractivity contribution in [2.24, 2.45) is 0 Å². The van der Waals surface area contributed by atoms with E-state index in [0.29, 0.717) is 0 Å². The average Bonchev–Trinajstić information content (AvgIpc) is 2.90. The highest BCUT2D eigenvalue weighted by atomic mass is 28.4. The highest BCUT2D eigenvalue weighted by Crippen LogP contribution is 2.26. The molecule has 0 N–H and O–H groups in total. The maximum atomic E-state index is 5.83. The Morgan fingerprint density at radius 2 is 1.32 bits per heavy atom. The van der Waals surface area contributed by atoms with Crippen LogP contribution in [0.15, 0.2) is 0 Å². The van der Waals surface area contributed by atoms with E-state index in [1.807, 2.05) is 7.11 Å². The molecule has 1 aliphatic heterocycles. The van der Waals surface area contributed by atoms with Crippen LogP contribution in [-0.2, 0) is 4.43 Å². The summed E-state index contributed by atoms with van der Waals surface area (Å²) in [4.78, 5) is 0. The Kier molecular flexibility index (Phi) is 11.5. The quantitative estimate of drug-likeness (QED) is 0.282. The molecule has 3 heteroatoms. The molecule has 1 heterocycles. The second-order valence-corrected chi connectivity index (χ2v) is 11.2. The fourth-order valence-corrected chi connectivity index (χ4v) is 6.57. The van der Waals surface area contributed by atoms with E-state index < -0.39 is 8.48 Å². The summed E-state index contributed by atoms with van der Waals surface area (Å²) in [5.41, 5.74) is 0. The van der Waals surface area contributed by atoms with E-state index in [-0.39, 0.29) is 0 Å². The molecule has 1 atom stereocenters. The van der Waals surface area contributed by atoms with Crippen LogP contribution in [0, 0.1) is 0 Å². The number of nitrogens with zero attached hydrogens (tertiary/aromatic N) is 1. The van der Waals surface area contributed by atoms with Gasteiger partial charge in [-0.25, -0.2) is 0 Å². The number of hydrogen-bond acceptors (Lipinski definition) is 2. The van der Waals surface area contributed by atoms with Gasteiger partial charge in [0.05, 0.1) is 0 Å². The zero-order valence-electron chi connectivity index (χ0n) is 15.7. The SMILES string of the molecule is CCCCCCCCCCCCCCN1CCC[Si]1(C)OC. The minimum atomic E-state index is -1.46. The van der Waals surface area contributed by atoms with Gasteiger partial charge in [-0.15, -0.1) is 0 Å². The Morgan fingerprint density at radius 1 is 0.818 bits per heavy atom. The van der Waals surface area contributed by atoms with Gasteiger partial charge < -0.3 is 8.99 Å². The van der Waals surface area contributed by atoms with Crippen molar-refractivity contribution < 1.29 is 4.43 Å². The van der Waals surface area contributed by atoms with E-state index in [1.54, 1.807) is 0 Å². The molecule has 0 saturated carbocycles. The molecular formula is C19H41NOSi. The van der Waals surface area contributed by atoms with Gasteiger partial charge >= 0.3 is 0 Å². The van der Waals surface area contributed by atoms with E-state index in [0.717, 1.165) is 0 Å². The first kappa shape index (κ1) is 20.2. The molecule has 2 nitrogen and oxygen atoms in total. The summed E-state index contributed by atoms with van der Waals surface area (Å²) in [6, 6.07) is 1.34. The van der Waals surface area contributed by atoms with Crippen LogP contribution in [-0.4, -0.2) is 33.2 Å². The minimum Gasteiger partial charge on any atom is -0.406 e. The molecule has 0 amide bonds. The first-order valence-corrected chi connectivity index (χ1v) is 12.6. The van der Waals surface area contributed by atoms with Crippen molar-refractivity contribution in [2.75, 3.05) is 20.2 Å². The van der Waals surface area contributed by atoms with E-state index >= 15 is 0 Å². The molecule has 0 spiro atoms. The molecule has 0 radical (unpaired) electrons. The lowest BCUT2D eigenvalue weighted by Gasteiger charge is -2.31. The molecule has 1 saturated heterocycles. The molecular weight excluding hydrogens is 286 g/mol.